The van der Waals surface area contributed by atoms with E-state index in [9.17, 15) is 14.2 Å². The molecule has 0 bridgehead atoms. The molecule has 1 amide bonds. The van der Waals surface area contributed by atoms with Gasteiger partial charge in [-0.05, 0) is 62.1 Å². The number of rotatable bonds is 9. The average Bonchev–Trinajstić information content (AvgIpc) is 3.24. The molecule has 2 atom stereocenters. The standard InChI is InChI=1S/C25H30NO7PS/c1-4-22-24(27)19-13-21-20(30-15-31-21)11-17(19)12-23(35-22)25(28)26-18-9-7-16(8-10-18)14-34(29,32-5-2)33-6-3/h7-11,13,22-23H,4-6,12,14-15H2,1-3H3,(H,26,28)/t22-,23+/m0/s1. The van der Waals surface area contributed by atoms with Gasteiger partial charge < -0.3 is 23.8 Å². The van der Waals surface area contributed by atoms with E-state index in [1.54, 1.807) is 44.2 Å². The molecule has 0 saturated carbocycles. The highest BCUT2D eigenvalue weighted by molar-refractivity contribution is 8.02. The van der Waals surface area contributed by atoms with Crippen molar-refractivity contribution < 1.29 is 32.7 Å². The summed E-state index contributed by atoms with van der Waals surface area (Å²) in [5.74, 6) is 1.01. The Hall–Kier alpha value is -2.32. The molecular formula is C25H30NO7PS. The van der Waals surface area contributed by atoms with Gasteiger partial charge >= 0.3 is 7.60 Å². The van der Waals surface area contributed by atoms with Gasteiger partial charge in [-0.1, -0.05) is 19.1 Å². The summed E-state index contributed by atoms with van der Waals surface area (Å²) in [6.07, 6.45) is 1.19. The Bertz CT molecular complexity index is 1130. The van der Waals surface area contributed by atoms with Crippen LogP contribution in [-0.4, -0.2) is 42.2 Å². The van der Waals surface area contributed by atoms with E-state index in [1.807, 2.05) is 13.0 Å². The number of carbonyl (C=O) groups is 2. The first-order chi connectivity index (χ1) is 16.9. The van der Waals surface area contributed by atoms with Gasteiger partial charge in [-0.15, -0.1) is 11.8 Å². The molecule has 0 aliphatic carbocycles. The summed E-state index contributed by atoms with van der Waals surface area (Å²) in [7, 11) is -3.21. The van der Waals surface area contributed by atoms with Crippen LogP contribution in [0.5, 0.6) is 11.5 Å². The molecule has 1 N–H and O–H groups in total. The molecule has 0 aromatic heterocycles. The van der Waals surface area contributed by atoms with Gasteiger partial charge in [0, 0.05) is 11.3 Å². The van der Waals surface area contributed by atoms with E-state index >= 15 is 0 Å². The Morgan fingerprint density at radius 2 is 1.74 bits per heavy atom. The SMILES string of the molecule is CCOP(=O)(Cc1ccc(NC(=O)[C@H]2Cc3cc4c(cc3C(=O)[C@H](CC)S2)OCO4)cc1)OCC. The minimum Gasteiger partial charge on any atom is -0.454 e. The van der Waals surface area contributed by atoms with E-state index in [0.717, 1.165) is 11.1 Å². The number of Topliss-reactive ketones (excluding diaryl/α,β-unsaturated/α-hetero) is 1. The third-order valence-corrected chi connectivity index (χ3v) is 9.44. The lowest BCUT2D eigenvalue weighted by atomic mass is 9.96. The van der Waals surface area contributed by atoms with Crippen molar-refractivity contribution in [3.63, 3.8) is 0 Å². The van der Waals surface area contributed by atoms with Crippen LogP contribution in [0.15, 0.2) is 36.4 Å². The van der Waals surface area contributed by atoms with E-state index in [-0.39, 0.29) is 29.9 Å². The molecule has 0 fully saturated rings. The van der Waals surface area contributed by atoms with Gasteiger partial charge in [-0.2, -0.15) is 0 Å². The minimum absolute atomic E-state index is 0.0125. The molecule has 2 aliphatic heterocycles. The number of fused-ring (bicyclic) bond motifs is 2. The topological polar surface area (TPSA) is 100 Å². The number of hydrogen-bond acceptors (Lipinski definition) is 8. The zero-order valence-corrected chi connectivity index (χ0v) is 21.8. The molecule has 2 aromatic rings. The van der Waals surface area contributed by atoms with Crippen LogP contribution in [0.2, 0.25) is 0 Å². The van der Waals surface area contributed by atoms with Crippen molar-refractivity contribution in [2.24, 2.45) is 0 Å². The summed E-state index contributed by atoms with van der Waals surface area (Å²) in [5.41, 5.74) is 2.80. The fourth-order valence-corrected chi connectivity index (χ4v) is 7.16. The van der Waals surface area contributed by atoms with Crippen molar-refractivity contribution in [3.8, 4) is 11.5 Å². The third kappa shape index (κ3) is 5.92. The van der Waals surface area contributed by atoms with Gasteiger partial charge in [-0.3, -0.25) is 14.2 Å². The number of benzene rings is 2. The van der Waals surface area contributed by atoms with Gasteiger partial charge in [0.15, 0.2) is 17.3 Å². The fourth-order valence-electron chi connectivity index (χ4n) is 4.16. The monoisotopic (exact) mass is 519 g/mol. The van der Waals surface area contributed by atoms with E-state index in [4.69, 9.17) is 18.5 Å². The van der Waals surface area contributed by atoms with E-state index < -0.39 is 12.8 Å². The van der Waals surface area contributed by atoms with Crippen LogP contribution in [-0.2, 0) is 31.0 Å². The summed E-state index contributed by atoms with van der Waals surface area (Å²) in [4.78, 5) is 26.4. The normalized spacial score (nSPS) is 19.2. The fraction of sp³-hybridized carbons (Fsp3) is 0.440. The van der Waals surface area contributed by atoms with Crippen LogP contribution >= 0.6 is 19.4 Å². The van der Waals surface area contributed by atoms with E-state index in [0.29, 0.717) is 48.8 Å². The number of ether oxygens (including phenoxy) is 2. The van der Waals surface area contributed by atoms with Crippen LogP contribution in [0.25, 0.3) is 0 Å². The van der Waals surface area contributed by atoms with Crippen LogP contribution in [0.3, 0.4) is 0 Å². The van der Waals surface area contributed by atoms with Crippen molar-refractivity contribution in [3.05, 3.63) is 53.1 Å². The first-order valence-corrected chi connectivity index (χ1v) is 14.4. The third-order valence-electron chi connectivity index (χ3n) is 5.80. The molecule has 0 unspecified atom stereocenters. The zero-order valence-electron chi connectivity index (χ0n) is 20.1. The minimum atomic E-state index is -3.21. The van der Waals surface area contributed by atoms with Gasteiger partial charge in [0.2, 0.25) is 12.7 Å². The summed E-state index contributed by atoms with van der Waals surface area (Å²) >= 11 is 1.39. The highest BCUT2D eigenvalue weighted by atomic mass is 32.2. The molecule has 2 aliphatic rings. The highest BCUT2D eigenvalue weighted by Gasteiger charge is 2.35. The second kappa shape index (κ2) is 11.2. The lowest BCUT2D eigenvalue weighted by Gasteiger charge is -2.18. The van der Waals surface area contributed by atoms with Crippen molar-refractivity contribution in [2.75, 3.05) is 25.3 Å². The lowest BCUT2D eigenvalue weighted by molar-refractivity contribution is -0.115. The number of carbonyl (C=O) groups excluding carboxylic acids is 2. The van der Waals surface area contributed by atoms with Crippen molar-refractivity contribution in [1.29, 1.82) is 0 Å². The maximum Gasteiger partial charge on any atom is 0.335 e. The van der Waals surface area contributed by atoms with Gasteiger partial charge in [0.25, 0.3) is 0 Å². The molecule has 2 aromatic carbocycles. The maximum absolute atomic E-state index is 13.2. The molecule has 2 heterocycles. The maximum atomic E-state index is 13.2. The molecule has 35 heavy (non-hydrogen) atoms. The van der Waals surface area contributed by atoms with Gasteiger partial charge in [-0.25, -0.2) is 0 Å². The number of hydrogen-bond donors (Lipinski definition) is 1. The molecule has 8 nitrogen and oxygen atoms in total. The summed E-state index contributed by atoms with van der Waals surface area (Å²) in [5, 5.41) is 2.20. The predicted molar refractivity (Wildman–Crippen MR) is 136 cm³/mol. The first-order valence-electron chi connectivity index (χ1n) is 11.8. The highest BCUT2D eigenvalue weighted by Crippen LogP contribution is 2.51. The number of amides is 1. The number of anilines is 1. The van der Waals surface area contributed by atoms with Crippen LogP contribution in [0, 0.1) is 0 Å². The summed E-state index contributed by atoms with van der Waals surface area (Å²) < 4.78 is 34.4. The van der Waals surface area contributed by atoms with Gasteiger partial charge in [0.05, 0.1) is 29.9 Å². The molecule has 0 spiro atoms. The Balaban J connectivity index is 1.48. The second-order valence-corrected chi connectivity index (χ2v) is 11.7. The van der Waals surface area contributed by atoms with Crippen molar-refractivity contribution >= 4 is 36.7 Å². The average molecular weight is 520 g/mol. The quantitative estimate of drug-likeness (QED) is 0.437. The van der Waals surface area contributed by atoms with Crippen molar-refractivity contribution in [2.45, 2.75) is 50.3 Å². The Labute approximate surface area is 209 Å². The number of nitrogens with one attached hydrogen (secondary N) is 1. The second-order valence-electron chi connectivity index (χ2n) is 8.24. The molecule has 0 saturated heterocycles. The van der Waals surface area contributed by atoms with Crippen LogP contribution in [0.4, 0.5) is 5.69 Å². The van der Waals surface area contributed by atoms with Crippen LogP contribution < -0.4 is 14.8 Å². The van der Waals surface area contributed by atoms with Crippen molar-refractivity contribution in [1.82, 2.24) is 0 Å². The zero-order chi connectivity index (χ0) is 25.0. The Morgan fingerprint density at radius 1 is 1.09 bits per heavy atom. The summed E-state index contributed by atoms with van der Waals surface area (Å²) in [6.45, 7) is 6.24. The predicted octanol–water partition coefficient (Wildman–Crippen LogP) is 5.44. The van der Waals surface area contributed by atoms with E-state index in [2.05, 4.69) is 5.32 Å². The lowest BCUT2D eigenvalue weighted by Crippen LogP contribution is -2.29. The largest absolute Gasteiger partial charge is 0.454 e. The Morgan fingerprint density at radius 3 is 2.37 bits per heavy atom. The number of thioether (sulfide) groups is 1. The van der Waals surface area contributed by atoms with E-state index in [1.165, 1.54) is 11.8 Å². The molecule has 188 valence electrons. The molecule has 0 radical (unpaired) electrons. The smallest absolute Gasteiger partial charge is 0.335 e. The molecular weight excluding hydrogens is 489 g/mol. The first kappa shape index (κ1) is 25.8. The molecule has 10 heteroatoms. The Kier molecular flexibility index (Phi) is 8.22. The van der Waals surface area contributed by atoms with Crippen LogP contribution in [0.1, 0.15) is 48.7 Å². The molecule has 4 rings (SSSR count). The van der Waals surface area contributed by atoms with Gasteiger partial charge in [0.1, 0.15) is 0 Å². The number of ketones is 1. The summed E-state index contributed by atoms with van der Waals surface area (Å²) in [6, 6.07) is 10.7.